The Bertz CT molecular complexity index is 1560. The van der Waals surface area contributed by atoms with Gasteiger partial charge in [0.1, 0.15) is 0 Å². The van der Waals surface area contributed by atoms with Crippen molar-refractivity contribution in [3.05, 3.63) is 69.5 Å². The minimum atomic E-state index is -3.40. The van der Waals surface area contributed by atoms with E-state index < -0.39 is 28.1 Å². The summed E-state index contributed by atoms with van der Waals surface area (Å²) >= 11 is 4.68. The molecule has 2 aromatic carbocycles. The average Bonchev–Trinajstić information content (AvgIpc) is 3.36. The molecule has 2 fully saturated rings. The minimum Gasteiger partial charge on any atom is -0.477 e. The molecule has 236 valence electrons. The van der Waals surface area contributed by atoms with E-state index in [-0.39, 0.29) is 28.3 Å². The van der Waals surface area contributed by atoms with E-state index in [9.17, 15) is 23.1 Å². The van der Waals surface area contributed by atoms with Crippen LogP contribution in [0.3, 0.4) is 0 Å². The summed E-state index contributed by atoms with van der Waals surface area (Å²) in [6.07, 6.45) is 5.18. The van der Waals surface area contributed by atoms with Gasteiger partial charge in [-0.1, -0.05) is 61.7 Å². The molecule has 5 rings (SSSR count). The zero-order valence-corrected chi connectivity index (χ0v) is 27.8. The number of hydrogen-bond donors (Lipinski definition) is 2. The molecular weight excluding hydrogens is 668 g/mol. The number of halogens is 1. The van der Waals surface area contributed by atoms with Crippen molar-refractivity contribution in [2.75, 3.05) is 25.5 Å². The number of anilines is 1. The molecule has 2 N–H and O–H groups in total. The molecule has 1 saturated heterocycles. The first-order chi connectivity index (χ1) is 21.2. The van der Waals surface area contributed by atoms with Crippen molar-refractivity contribution in [3.8, 4) is 16.2 Å². The smallest absolute Gasteiger partial charge is 0.349 e. The molecule has 1 saturated carbocycles. The summed E-state index contributed by atoms with van der Waals surface area (Å²) in [6, 6.07) is 17.0. The molecule has 1 aromatic heterocycles. The zero-order valence-electron chi connectivity index (χ0n) is 24.5. The first-order valence-corrected chi connectivity index (χ1v) is 18.1. The number of carbonyl (C=O) groups is 2. The Morgan fingerprint density at radius 2 is 1.75 bits per heavy atom. The number of aromatic carboxylic acids is 1. The number of rotatable bonds is 11. The molecule has 1 aliphatic carbocycles. The molecular formula is C32H37BrN2O7S2. The SMILES string of the molecule is COC(=O)C(Oc1c(C(=O)O)sc(-c2cccc(NC3CCN(S(=O)(=O)Cc4ccccc4)CC3)c2)c1Br)C1CCCCC1. The van der Waals surface area contributed by atoms with Gasteiger partial charge in [-0.25, -0.2) is 22.3 Å². The lowest BCUT2D eigenvalue weighted by Crippen LogP contribution is -2.42. The third kappa shape index (κ3) is 7.64. The Balaban J connectivity index is 1.29. The molecule has 1 unspecified atom stereocenters. The second kappa shape index (κ2) is 14.4. The summed E-state index contributed by atoms with van der Waals surface area (Å²) in [5.41, 5.74) is 2.42. The molecule has 0 spiro atoms. The van der Waals surface area contributed by atoms with Crippen LogP contribution in [0.1, 0.15) is 60.2 Å². The van der Waals surface area contributed by atoms with Gasteiger partial charge in [-0.15, -0.1) is 11.3 Å². The monoisotopic (exact) mass is 704 g/mol. The lowest BCUT2D eigenvalue weighted by molar-refractivity contribution is -0.152. The Labute approximate surface area is 270 Å². The molecule has 3 aromatic rings. The van der Waals surface area contributed by atoms with Gasteiger partial charge in [0.25, 0.3) is 0 Å². The van der Waals surface area contributed by atoms with Crippen LogP contribution in [0.15, 0.2) is 59.1 Å². The highest BCUT2D eigenvalue weighted by molar-refractivity contribution is 9.10. The van der Waals surface area contributed by atoms with E-state index in [1.165, 1.54) is 7.11 Å². The Morgan fingerprint density at radius 1 is 1.05 bits per heavy atom. The summed E-state index contributed by atoms with van der Waals surface area (Å²) < 4.78 is 39.2. The molecule has 0 bridgehead atoms. The molecule has 9 nitrogen and oxygen atoms in total. The number of carboxylic acid groups (broad SMARTS) is 1. The fraction of sp³-hybridized carbons (Fsp3) is 0.438. The van der Waals surface area contributed by atoms with Crippen LogP contribution in [0.4, 0.5) is 5.69 Å². The molecule has 0 amide bonds. The lowest BCUT2D eigenvalue weighted by Gasteiger charge is -2.32. The second-order valence-electron chi connectivity index (χ2n) is 11.3. The molecule has 0 radical (unpaired) electrons. The fourth-order valence-corrected chi connectivity index (χ4v) is 9.40. The zero-order chi connectivity index (χ0) is 31.3. The largest absolute Gasteiger partial charge is 0.477 e. The number of sulfonamides is 1. The number of nitrogens with one attached hydrogen (secondary N) is 1. The first-order valence-electron chi connectivity index (χ1n) is 14.8. The lowest BCUT2D eigenvalue weighted by atomic mass is 9.85. The van der Waals surface area contributed by atoms with Gasteiger partial charge in [0.05, 0.1) is 22.2 Å². The highest BCUT2D eigenvalue weighted by Crippen LogP contribution is 2.47. The van der Waals surface area contributed by atoms with Crippen molar-refractivity contribution >= 4 is 54.9 Å². The van der Waals surface area contributed by atoms with Crippen molar-refractivity contribution < 1.29 is 32.6 Å². The first kappa shape index (κ1) is 32.5. The number of benzene rings is 2. The number of ether oxygens (including phenoxy) is 2. The predicted octanol–water partition coefficient (Wildman–Crippen LogP) is 6.78. The number of thiophene rings is 1. The van der Waals surface area contributed by atoms with Crippen LogP contribution in [0.2, 0.25) is 0 Å². The van der Waals surface area contributed by atoms with E-state index in [1.807, 2.05) is 54.6 Å². The number of nitrogens with zero attached hydrogens (tertiary/aromatic N) is 1. The van der Waals surface area contributed by atoms with Crippen LogP contribution in [-0.2, 0) is 25.3 Å². The van der Waals surface area contributed by atoms with Crippen molar-refractivity contribution in [3.63, 3.8) is 0 Å². The van der Waals surface area contributed by atoms with Gasteiger partial charge in [-0.3, -0.25) is 0 Å². The third-order valence-electron chi connectivity index (χ3n) is 8.29. The van der Waals surface area contributed by atoms with Gasteiger partial charge < -0.3 is 19.9 Å². The van der Waals surface area contributed by atoms with E-state index in [4.69, 9.17) is 9.47 Å². The van der Waals surface area contributed by atoms with Crippen LogP contribution in [0.25, 0.3) is 10.4 Å². The number of piperidine rings is 1. The summed E-state index contributed by atoms with van der Waals surface area (Å²) in [5, 5.41) is 13.6. The quantitative estimate of drug-likeness (QED) is 0.210. The van der Waals surface area contributed by atoms with E-state index in [2.05, 4.69) is 21.2 Å². The van der Waals surface area contributed by atoms with E-state index in [0.717, 1.165) is 60.3 Å². The summed E-state index contributed by atoms with van der Waals surface area (Å²) in [5.74, 6) is -1.54. The molecule has 1 aliphatic heterocycles. The standard InChI is InChI=1S/C32H37BrN2O7S2/c1-41-32(38)27(22-11-6-3-7-12-22)42-28-26(33)29(43-30(28)31(36)37)23-13-8-14-25(19-23)34-24-15-17-35(18-16-24)44(39,40)20-21-9-4-2-5-10-21/h2,4-5,8-10,13-14,19,22,24,27,34H,3,6-7,11-12,15-18,20H2,1H3,(H,36,37). The van der Waals surface area contributed by atoms with Crippen molar-refractivity contribution in [2.45, 2.75) is 62.8 Å². The Morgan fingerprint density at radius 3 is 2.41 bits per heavy atom. The van der Waals surface area contributed by atoms with Gasteiger partial charge >= 0.3 is 11.9 Å². The number of carbonyl (C=O) groups excluding carboxylic acids is 1. The van der Waals surface area contributed by atoms with Crippen LogP contribution >= 0.6 is 27.3 Å². The van der Waals surface area contributed by atoms with E-state index in [0.29, 0.717) is 35.3 Å². The number of carboxylic acids is 1. The Kier molecular flexibility index (Phi) is 10.7. The number of hydrogen-bond acceptors (Lipinski definition) is 8. The van der Waals surface area contributed by atoms with Crippen LogP contribution in [0, 0.1) is 5.92 Å². The molecule has 44 heavy (non-hydrogen) atoms. The normalized spacial score (nSPS) is 17.6. The number of esters is 1. The van der Waals surface area contributed by atoms with Crippen LogP contribution in [0.5, 0.6) is 5.75 Å². The van der Waals surface area contributed by atoms with Crippen LogP contribution < -0.4 is 10.1 Å². The number of methoxy groups -OCH3 is 1. The highest BCUT2D eigenvalue weighted by atomic mass is 79.9. The summed E-state index contributed by atoms with van der Waals surface area (Å²) in [6.45, 7) is 0.877. The molecule has 2 heterocycles. The van der Waals surface area contributed by atoms with Crippen molar-refractivity contribution in [2.24, 2.45) is 5.92 Å². The third-order valence-corrected chi connectivity index (χ3v) is 12.4. The maximum Gasteiger partial charge on any atom is 0.349 e. The van der Waals surface area contributed by atoms with Gasteiger partial charge in [0, 0.05) is 30.7 Å². The van der Waals surface area contributed by atoms with Gasteiger partial charge in [0.15, 0.2) is 16.7 Å². The van der Waals surface area contributed by atoms with Crippen molar-refractivity contribution in [1.82, 2.24) is 4.31 Å². The topological polar surface area (TPSA) is 122 Å². The minimum absolute atomic E-state index is 0.00522. The molecule has 2 aliphatic rings. The van der Waals surface area contributed by atoms with Crippen molar-refractivity contribution in [1.29, 1.82) is 0 Å². The maximum atomic E-state index is 13.0. The Hall–Kier alpha value is -2.93. The van der Waals surface area contributed by atoms with E-state index >= 15 is 0 Å². The maximum absolute atomic E-state index is 13.0. The van der Waals surface area contributed by atoms with Gasteiger partial charge in [0.2, 0.25) is 10.0 Å². The predicted molar refractivity (Wildman–Crippen MR) is 175 cm³/mol. The fourth-order valence-electron chi connectivity index (χ4n) is 5.98. The highest BCUT2D eigenvalue weighted by Gasteiger charge is 2.36. The van der Waals surface area contributed by atoms with E-state index in [1.54, 1.807) is 4.31 Å². The summed E-state index contributed by atoms with van der Waals surface area (Å²) in [4.78, 5) is 25.7. The van der Waals surface area contributed by atoms with Crippen LogP contribution in [-0.4, -0.2) is 62.1 Å². The summed E-state index contributed by atoms with van der Waals surface area (Å²) in [7, 11) is -2.08. The van der Waals surface area contributed by atoms with Gasteiger partial charge in [-0.2, -0.15) is 0 Å². The van der Waals surface area contributed by atoms with Gasteiger partial charge in [-0.05, 0) is 64.9 Å². The average molecular weight is 706 g/mol. The molecule has 12 heteroatoms. The molecule has 1 atom stereocenters. The second-order valence-corrected chi connectivity index (χ2v) is 15.1.